The molecule has 0 amide bonds. The van der Waals surface area contributed by atoms with Crippen molar-refractivity contribution in [2.75, 3.05) is 18.2 Å². The van der Waals surface area contributed by atoms with Gasteiger partial charge in [-0.3, -0.25) is 0 Å². The average molecular weight is 403 g/mol. The van der Waals surface area contributed by atoms with Crippen LogP contribution in [-0.4, -0.2) is 32.7 Å². The Hall–Kier alpha value is -3.61. The molecule has 2 aromatic carbocycles. The molecule has 4 aromatic rings. The Morgan fingerprint density at radius 2 is 1.83 bits per heavy atom. The van der Waals surface area contributed by atoms with Crippen LogP contribution in [0.15, 0.2) is 54.6 Å². The number of hydrogen-bond donors (Lipinski definition) is 2. The van der Waals surface area contributed by atoms with Crippen LogP contribution in [0.3, 0.4) is 0 Å². The third-order valence-corrected chi connectivity index (χ3v) is 5.07. The number of nitrogens with zero attached hydrogens (tertiary/aromatic N) is 4. The Kier molecular flexibility index (Phi) is 5.52. The lowest BCUT2D eigenvalue weighted by molar-refractivity contribution is 0.409. The second kappa shape index (κ2) is 8.41. The van der Waals surface area contributed by atoms with Crippen LogP contribution >= 0.6 is 0 Å². The number of methoxy groups -OCH3 is 1. The van der Waals surface area contributed by atoms with Crippen LogP contribution in [0.25, 0.3) is 11.0 Å². The fourth-order valence-corrected chi connectivity index (χ4v) is 3.74. The highest BCUT2D eigenvalue weighted by atomic mass is 16.5. The first-order valence-electron chi connectivity index (χ1n) is 9.97. The SMILES string of the molecule is COc1ccccc1C[C@H](C)Nc1cc(Cn2c(C)nc3ccccc32)nc(N)n1. The Labute approximate surface area is 175 Å². The molecule has 0 aliphatic heterocycles. The minimum atomic E-state index is 0.138. The third-order valence-electron chi connectivity index (χ3n) is 5.07. The molecule has 0 radical (unpaired) electrons. The number of nitrogen functional groups attached to an aromatic ring is 1. The summed E-state index contributed by atoms with van der Waals surface area (Å²) >= 11 is 0. The van der Waals surface area contributed by atoms with Crippen LogP contribution in [0, 0.1) is 6.92 Å². The molecule has 0 saturated heterocycles. The highest BCUT2D eigenvalue weighted by Gasteiger charge is 2.12. The highest BCUT2D eigenvalue weighted by Crippen LogP contribution is 2.21. The molecule has 0 aliphatic carbocycles. The van der Waals surface area contributed by atoms with Gasteiger partial charge in [0.2, 0.25) is 5.95 Å². The second-order valence-electron chi connectivity index (χ2n) is 7.40. The van der Waals surface area contributed by atoms with Gasteiger partial charge in [0.1, 0.15) is 17.4 Å². The molecule has 0 spiro atoms. The number of nitrogens with two attached hydrogens (primary N) is 1. The summed E-state index contributed by atoms with van der Waals surface area (Å²) in [6, 6.07) is 18.2. The van der Waals surface area contributed by atoms with Crippen molar-refractivity contribution >= 4 is 22.8 Å². The summed E-state index contributed by atoms with van der Waals surface area (Å²) in [4.78, 5) is 13.4. The van der Waals surface area contributed by atoms with Crippen LogP contribution < -0.4 is 15.8 Å². The van der Waals surface area contributed by atoms with Gasteiger partial charge in [-0.1, -0.05) is 30.3 Å². The zero-order valence-electron chi connectivity index (χ0n) is 17.5. The van der Waals surface area contributed by atoms with Gasteiger partial charge in [-0.05, 0) is 44.0 Å². The Morgan fingerprint density at radius 3 is 2.67 bits per heavy atom. The molecule has 4 rings (SSSR count). The lowest BCUT2D eigenvalue weighted by atomic mass is 10.1. The molecule has 0 fully saturated rings. The molecule has 2 aromatic heterocycles. The lowest BCUT2D eigenvalue weighted by Gasteiger charge is -2.17. The fourth-order valence-electron chi connectivity index (χ4n) is 3.74. The van der Waals surface area contributed by atoms with E-state index in [1.807, 2.05) is 49.4 Å². The number of para-hydroxylation sites is 3. The molecule has 3 N–H and O–H groups in total. The summed E-state index contributed by atoms with van der Waals surface area (Å²) in [6.45, 7) is 4.69. The van der Waals surface area contributed by atoms with Crippen molar-refractivity contribution in [3.63, 3.8) is 0 Å². The van der Waals surface area contributed by atoms with Gasteiger partial charge in [-0.25, -0.2) is 9.97 Å². The molecule has 1 atom stereocenters. The minimum Gasteiger partial charge on any atom is -0.496 e. The van der Waals surface area contributed by atoms with Gasteiger partial charge in [0, 0.05) is 12.1 Å². The largest absolute Gasteiger partial charge is 0.496 e. The number of nitrogens with one attached hydrogen (secondary N) is 1. The molecular weight excluding hydrogens is 376 g/mol. The number of hydrogen-bond acceptors (Lipinski definition) is 6. The summed E-state index contributed by atoms with van der Waals surface area (Å²) in [7, 11) is 1.69. The van der Waals surface area contributed by atoms with Crippen molar-refractivity contribution in [2.24, 2.45) is 0 Å². The monoisotopic (exact) mass is 402 g/mol. The smallest absolute Gasteiger partial charge is 0.222 e. The number of aryl methyl sites for hydroxylation is 1. The summed E-state index contributed by atoms with van der Waals surface area (Å²) in [5.41, 5.74) is 10.0. The zero-order valence-corrected chi connectivity index (χ0v) is 17.5. The summed E-state index contributed by atoms with van der Waals surface area (Å²) < 4.78 is 7.60. The number of imidazole rings is 1. The first-order chi connectivity index (χ1) is 14.5. The molecule has 0 bridgehead atoms. The van der Waals surface area contributed by atoms with E-state index < -0.39 is 0 Å². The second-order valence-corrected chi connectivity index (χ2v) is 7.40. The van der Waals surface area contributed by atoms with Crippen LogP contribution in [0.1, 0.15) is 24.0 Å². The van der Waals surface area contributed by atoms with Crippen molar-refractivity contribution in [1.82, 2.24) is 19.5 Å². The van der Waals surface area contributed by atoms with Crippen molar-refractivity contribution < 1.29 is 4.74 Å². The fraction of sp³-hybridized carbons (Fsp3) is 0.261. The Morgan fingerprint density at radius 1 is 1.07 bits per heavy atom. The van der Waals surface area contributed by atoms with E-state index in [2.05, 4.69) is 43.9 Å². The predicted octanol–water partition coefficient (Wildman–Crippen LogP) is 3.82. The molecule has 30 heavy (non-hydrogen) atoms. The number of ether oxygens (including phenoxy) is 1. The van der Waals surface area contributed by atoms with Crippen LogP contribution in [0.4, 0.5) is 11.8 Å². The van der Waals surface area contributed by atoms with E-state index in [1.165, 1.54) is 0 Å². The van der Waals surface area contributed by atoms with Gasteiger partial charge in [-0.15, -0.1) is 0 Å². The first-order valence-corrected chi connectivity index (χ1v) is 9.97. The summed E-state index contributed by atoms with van der Waals surface area (Å²) in [5.74, 6) is 2.78. The van der Waals surface area contributed by atoms with Gasteiger partial charge in [0.05, 0.1) is 30.4 Å². The van der Waals surface area contributed by atoms with Crippen LogP contribution in [-0.2, 0) is 13.0 Å². The maximum absolute atomic E-state index is 6.01. The van der Waals surface area contributed by atoms with Crippen LogP contribution in [0.5, 0.6) is 5.75 Å². The molecule has 7 nitrogen and oxygen atoms in total. The number of rotatable bonds is 7. The normalized spacial score (nSPS) is 12.1. The Balaban J connectivity index is 1.54. The summed E-state index contributed by atoms with van der Waals surface area (Å²) in [6.07, 6.45) is 0.800. The average Bonchev–Trinajstić information content (AvgIpc) is 3.03. The predicted molar refractivity (Wildman–Crippen MR) is 120 cm³/mol. The third kappa shape index (κ3) is 4.20. The lowest BCUT2D eigenvalue weighted by Crippen LogP contribution is -2.20. The van der Waals surface area contributed by atoms with Crippen molar-refractivity contribution in [1.29, 1.82) is 0 Å². The number of aromatic nitrogens is 4. The standard InChI is InChI=1S/C23H26N6O/c1-15(12-17-8-4-7-11-21(17)30-3)25-22-13-18(27-23(24)28-22)14-29-16(2)26-19-9-5-6-10-20(19)29/h4-11,13,15H,12,14H2,1-3H3,(H3,24,25,27,28)/t15-/m0/s1. The number of fused-ring (bicyclic) bond motifs is 1. The van der Waals surface area contributed by atoms with Crippen molar-refractivity contribution in [2.45, 2.75) is 32.9 Å². The highest BCUT2D eigenvalue weighted by molar-refractivity contribution is 5.76. The van der Waals surface area contributed by atoms with E-state index in [9.17, 15) is 0 Å². The molecule has 0 aliphatic rings. The van der Waals surface area contributed by atoms with Gasteiger partial charge < -0.3 is 20.4 Å². The maximum Gasteiger partial charge on any atom is 0.222 e. The first kappa shape index (κ1) is 19.7. The summed E-state index contributed by atoms with van der Waals surface area (Å²) in [5, 5.41) is 3.44. The molecule has 0 unspecified atom stereocenters. The van der Waals surface area contributed by atoms with E-state index in [4.69, 9.17) is 10.5 Å². The number of benzene rings is 2. The van der Waals surface area contributed by atoms with E-state index in [0.717, 1.165) is 40.3 Å². The van der Waals surface area contributed by atoms with E-state index in [1.54, 1.807) is 7.11 Å². The molecule has 7 heteroatoms. The van der Waals surface area contributed by atoms with Crippen molar-refractivity contribution in [3.05, 3.63) is 71.7 Å². The van der Waals surface area contributed by atoms with Gasteiger partial charge in [0.15, 0.2) is 0 Å². The molecular formula is C23H26N6O. The van der Waals surface area contributed by atoms with Gasteiger partial charge in [-0.2, -0.15) is 4.98 Å². The van der Waals surface area contributed by atoms with E-state index in [-0.39, 0.29) is 12.0 Å². The van der Waals surface area contributed by atoms with Gasteiger partial charge >= 0.3 is 0 Å². The van der Waals surface area contributed by atoms with Crippen molar-refractivity contribution in [3.8, 4) is 5.75 Å². The molecule has 0 saturated carbocycles. The quantitative estimate of drug-likeness (QED) is 0.488. The van der Waals surface area contributed by atoms with Gasteiger partial charge in [0.25, 0.3) is 0 Å². The topological polar surface area (TPSA) is 90.9 Å². The van der Waals surface area contributed by atoms with E-state index >= 15 is 0 Å². The Bertz CT molecular complexity index is 1170. The number of anilines is 2. The zero-order chi connectivity index (χ0) is 21.1. The van der Waals surface area contributed by atoms with Crippen LogP contribution in [0.2, 0.25) is 0 Å². The molecule has 154 valence electrons. The van der Waals surface area contributed by atoms with E-state index in [0.29, 0.717) is 12.4 Å². The maximum atomic E-state index is 6.01. The minimum absolute atomic E-state index is 0.138. The molecule has 2 heterocycles.